The Bertz CT molecular complexity index is 582. The molecule has 0 saturated carbocycles. The zero-order chi connectivity index (χ0) is 14.4. The summed E-state index contributed by atoms with van der Waals surface area (Å²) in [5.74, 6) is 0.782. The third-order valence-electron chi connectivity index (χ3n) is 2.71. The third-order valence-corrected chi connectivity index (χ3v) is 3.90. The Kier molecular flexibility index (Phi) is 5.06. The summed E-state index contributed by atoms with van der Waals surface area (Å²) < 4.78 is 0. The summed E-state index contributed by atoms with van der Waals surface area (Å²) in [5.41, 5.74) is 1.11. The summed E-state index contributed by atoms with van der Waals surface area (Å²) in [4.78, 5) is 20.5. The molecule has 0 unspecified atom stereocenters. The van der Waals surface area contributed by atoms with Crippen LogP contribution in [0.1, 0.15) is 18.9 Å². The number of nitrogens with one attached hydrogen (secondary N) is 2. The molecule has 5 nitrogen and oxygen atoms in total. The van der Waals surface area contributed by atoms with Gasteiger partial charge in [-0.2, -0.15) is 0 Å². The van der Waals surface area contributed by atoms with E-state index in [1.807, 2.05) is 18.3 Å². The zero-order valence-electron chi connectivity index (χ0n) is 11.6. The van der Waals surface area contributed by atoms with Gasteiger partial charge in [-0.1, -0.05) is 6.92 Å². The molecule has 0 aromatic carbocycles. The minimum Gasteiger partial charge on any atom is -0.368 e. The summed E-state index contributed by atoms with van der Waals surface area (Å²) in [6.07, 6.45) is 4.64. The molecule has 0 atom stereocenters. The van der Waals surface area contributed by atoms with Crippen molar-refractivity contribution < 1.29 is 4.79 Å². The number of hydrogen-bond acceptors (Lipinski definition) is 5. The average molecular weight is 290 g/mol. The molecule has 2 aromatic rings. The molecule has 0 radical (unpaired) electrons. The van der Waals surface area contributed by atoms with Crippen molar-refractivity contribution in [3.63, 3.8) is 0 Å². The van der Waals surface area contributed by atoms with Crippen LogP contribution in [0.5, 0.6) is 0 Å². The fourth-order valence-corrected chi connectivity index (χ4v) is 2.57. The molecule has 0 saturated heterocycles. The van der Waals surface area contributed by atoms with Crippen molar-refractivity contribution in [2.45, 2.75) is 20.3 Å². The fourth-order valence-electron chi connectivity index (χ4n) is 1.72. The van der Waals surface area contributed by atoms with Crippen LogP contribution in [-0.4, -0.2) is 29.0 Å². The molecule has 0 fully saturated rings. The summed E-state index contributed by atoms with van der Waals surface area (Å²) in [6.45, 7) is 4.85. The summed E-state index contributed by atoms with van der Waals surface area (Å²) in [7, 11) is 0. The Balaban J connectivity index is 1.98. The number of carbonyl (C=O) groups excluding carboxylic acids is 1. The molecule has 2 aromatic heterocycles. The molecule has 0 bridgehead atoms. The zero-order valence-corrected chi connectivity index (χ0v) is 12.5. The molecule has 2 N–H and O–H groups in total. The van der Waals surface area contributed by atoms with Crippen molar-refractivity contribution in [2.75, 3.05) is 18.4 Å². The lowest BCUT2D eigenvalue weighted by molar-refractivity contribution is -0.118. The minimum atomic E-state index is -0.0229. The van der Waals surface area contributed by atoms with Crippen molar-refractivity contribution in [1.82, 2.24) is 15.3 Å². The first kappa shape index (κ1) is 14.5. The van der Waals surface area contributed by atoms with E-state index in [0.29, 0.717) is 13.1 Å². The first-order chi connectivity index (χ1) is 9.69. The van der Waals surface area contributed by atoms with Crippen LogP contribution in [0.4, 0.5) is 5.82 Å². The maximum absolute atomic E-state index is 10.8. The Morgan fingerprint density at radius 3 is 2.90 bits per heavy atom. The Hall–Kier alpha value is -1.95. The van der Waals surface area contributed by atoms with Gasteiger partial charge in [-0.3, -0.25) is 4.79 Å². The molecule has 0 aliphatic heterocycles. The van der Waals surface area contributed by atoms with Gasteiger partial charge in [0.05, 0.1) is 9.88 Å². The van der Waals surface area contributed by atoms with Crippen LogP contribution in [0, 0.1) is 0 Å². The number of anilines is 1. The van der Waals surface area contributed by atoms with Gasteiger partial charge < -0.3 is 10.6 Å². The Labute approximate surface area is 122 Å². The van der Waals surface area contributed by atoms with E-state index in [4.69, 9.17) is 0 Å². The van der Waals surface area contributed by atoms with Crippen molar-refractivity contribution in [3.8, 4) is 10.4 Å². The van der Waals surface area contributed by atoms with Crippen LogP contribution < -0.4 is 10.6 Å². The first-order valence-corrected chi connectivity index (χ1v) is 7.40. The second-order valence-electron chi connectivity index (χ2n) is 4.31. The van der Waals surface area contributed by atoms with E-state index in [1.165, 1.54) is 6.92 Å². The minimum absolute atomic E-state index is 0.0229. The van der Waals surface area contributed by atoms with Gasteiger partial charge in [0, 0.05) is 32.4 Å². The van der Waals surface area contributed by atoms with Crippen LogP contribution in [-0.2, 0) is 11.2 Å². The molecular weight excluding hydrogens is 272 g/mol. The average Bonchev–Trinajstić information content (AvgIpc) is 2.93. The normalized spacial score (nSPS) is 10.3. The van der Waals surface area contributed by atoms with Gasteiger partial charge in [-0.05, 0) is 24.1 Å². The third kappa shape index (κ3) is 4.03. The van der Waals surface area contributed by atoms with Gasteiger partial charge >= 0.3 is 0 Å². The Morgan fingerprint density at radius 1 is 1.35 bits per heavy atom. The second kappa shape index (κ2) is 7.00. The van der Waals surface area contributed by atoms with Gasteiger partial charge in [-0.25, -0.2) is 9.97 Å². The molecule has 6 heteroatoms. The van der Waals surface area contributed by atoms with E-state index in [1.54, 1.807) is 17.5 Å². The van der Waals surface area contributed by atoms with E-state index in [0.717, 1.165) is 27.7 Å². The maximum Gasteiger partial charge on any atom is 0.216 e. The number of aromatic nitrogens is 2. The van der Waals surface area contributed by atoms with Crippen molar-refractivity contribution in [2.24, 2.45) is 0 Å². The lowest BCUT2D eigenvalue weighted by Gasteiger charge is -2.07. The summed E-state index contributed by atoms with van der Waals surface area (Å²) in [5, 5.41) is 7.06. The van der Waals surface area contributed by atoms with Gasteiger partial charge in [0.15, 0.2) is 0 Å². The predicted octanol–water partition coefficient (Wildman–Crippen LogP) is 2.32. The number of thiazole rings is 1. The Morgan fingerprint density at radius 2 is 2.20 bits per heavy atom. The van der Waals surface area contributed by atoms with Crippen LogP contribution in [0.15, 0.2) is 24.5 Å². The quantitative estimate of drug-likeness (QED) is 0.801. The fraction of sp³-hybridized carbons (Fsp3) is 0.357. The number of aryl methyl sites for hydroxylation is 1. The molecule has 0 aliphatic carbocycles. The van der Waals surface area contributed by atoms with Crippen LogP contribution in [0.3, 0.4) is 0 Å². The van der Waals surface area contributed by atoms with E-state index in [-0.39, 0.29) is 5.91 Å². The number of amides is 1. The predicted molar refractivity (Wildman–Crippen MR) is 81.9 cm³/mol. The summed E-state index contributed by atoms with van der Waals surface area (Å²) in [6, 6.07) is 3.98. The standard InChI is InChI=1S/C14H18N4OS/c1-3-14-18-9-12(20-14)11-4-5-16-13(8-11)17-7-6-15-10(2)19/h4-5,8-9H,3,6-7H2,1-2H3,(H,15,19)(H,16,17). The molecule has 2 heterocycles. The molecular formula is C14H18N4OS. The molecule has 0 aliphatic rings. The molecule has 1 amide bonds. The number of rotatable bonds is 6. The lowest BCUT2D eigenvalue weighted by atomic mass is 10.2. The molecule has 2 rings (SSSR count). The molecule has 20 heavy (non-hydrogen) atoms. The van der Waals surface area contributed by atoms with Crippen molar-refractivity contribution in [3.05, 3.63) is 29.5 Å². The monoisotopic (exact) mass is 290 g/mol. The van der Waals surface area contributed by atoms with E-state index in [2.05, 4.69) is 27.5 Å². The second-order valence-corrected chi connectivity index (χ2v) is 5.43. The van der Waals surface area contributed by atoms with Gasteiger partial charge in [-0.15, -0.1) is 11.3 Å². The van der Waals surface area contributed by atoms with E-state index in [9.17, 15) is 4.79 Å². The maximum atomic E-state index is 10.8. The highest BCUT2D eigenvalue weighted by Crippen LogP contribution is 2.27. The highest BCUT2D eigenvalue weighted by atomic mass is 32.1. The highest BCUT2D eigenvalue weighted by Gasteiger charge is 2.04. The first-order valence-electron chi connectivity index (χ1n) is 6.58. The van der Waals surface area contributed by atoms with Crippen LogP contribution in [0.2, 0.25) is 0 Å². The van der Waals surface area contributed by atoms with Crippen LogP contribution in [0.25, 0.3) is 10.4 Å². The van der Waals surface area contributed by atoms with E-state index < -0.39 is 0 Å². The van der Waals surface area contributed by atoms with Gasteiger partial charge in [0.1, 0.15) is 5.82 Å². The SMILES string of the molecule is CCc1ncc(-c2ccnc(NCCNC(C)=O)c2)s1. The molecule has 106 valence electrons. The largest absolute Gasteiger partial charge is 0.368 e. The van der Waals surface area contributed by atoms with Gasteiger partial charge in [0.2, 0.25) is 5.91 Å². The lowest BCUT2D eigenvalue weighted by Crippen LogP contribution is -2.26. The van der Waals surface area contributed by atoms with Gasteiger partial charge in [0.25, 0.3) is 0 Å². The van der Waals surface area contributed by atoms with E-state index >= 15 is 0 Å². The highest BCUT2D eigenvalue weighted by molar-refractivity contribution is 7.15. The topological polar surface area (TPSA) is 66.9 Å². The van der Waals surface area contributed by atoms with Crippen LogP contribution >= 0.6 is 11.3 Å². The van der Waals surface area contributed by atoms with Crippen molar-refractivity contribution >= 4 is 23.1 Å². The summed E-state index contributed by atoms with van der Waals surface area (Å²) >= 11 is 1.70. The smallest absolute Gasteiger partial charge is 0.216 e. The number of hydrogen-bond donors (Lipinski definition) is 2. The molecule has 0 spiro atoms. The van der Waals surface area contributed by atoms with Crippen molar-refractivity contribution in [1.29, 1.82) is 0 Å². The number of pyridine rings is 1. The number of nitrogens with zero attached hydrogens (tertiary/aromatic N) is 2. The number of carbonyl (C=O) groups is 1.